The second-order valence-electron chi connectivity index (χ2n) is 8.67. The number of aliphatic hydroxyl groups excluding tert-OH is 1. The maximum atomic E-state index is 10.9. The summed E-state index contributed by atoms with van der Waals surface area (Å²) in [4.78, 5) is 2.51. The molecule has 1 N–H and O–H groups in total. The Morgan fingerprint density at radius 2 is 1.33 bits per heavy atom. The maximum Gasteiger partial charge on any atom is 0.0975 e. The van der Waals surface area contributed by atoms with Crippen LogP contribution in [0, 0.1) is 0 Å². The van der Waals surface area contributed by atoms with Gasteiger partial charge in [0.05, 0.1) is 17.3 Å². The van der Waals surface area contributed by atoms with Crippen molar-refractivity contribution in [2.24, 2.45) is 7.05 Å². The smallest absolute Gasteiger partial charge is 0.0975 e. The molecule has 1 fully saturated rings. The van der Waals surface area contributed by atoms with Crippen LogP contribution in [0.15, 0.2) is 109 Å². The van der Waals surface area contributed by atoms with Crippen LogP contribution >= 0.6 is 0 Å². The molecule has 1 aliphatic heterocycles. The van der Waals surface area contributed by atoms with Gasteiger partial charge >= 0.3 is 0 Å². The zero-order valence-electron chi connectivity index (χ0n) is 18.9. The molecule has 1 aromatic heterocycles. The average Bonchev–Trinajstić information content (AvgIpc) is 3.28. The fraction of sp³-hybridized carbons (Fsp3) is 0.207. The number of nitrogens with zero attached hydrogens (tertiary/aromatic N) is 3. The van der Waals surface area contributed by atoms with E-state index in [4.69, 9.17) is 0 Å². The molecule has 1 atom stereocenters. The Bertz CT molecular complexity index is 1120. The third-order valence-corrected chi connectivity index (χ3v) is 6.59. The van der Waals surface area contributed by atoms with Gasteiger partial charge in [0.15, 0.2) is 0 Å². The molecule has 0 radical (unpaired) electrons. The van der Waals surface area contributed by atoms with Gasteiger partial charge in [-0.2, -0.15) is 5.10 Å². The topological polar surface area (TPSA) is 41.3 Å². The summed E-state index contributed by atoms with van der Waals surface area (Å²) in [7, 11) is 1.91. The number of benzene rings is 3. The average molecular weight is 436 g/mol. The highest BCUT2D eigenvalue weighted by Gasteiger charge is 2.44. The van der Waals surface area contributed by atoms with Crippen LogP contribution in [0.2, 0.25) is 0 Å². The van der Waals surface area contributed by atoms with Crippen LogP contribution < -0.4 is 0 Å². The predicted octanol–water partition coefficient (Wildman–Crippen LogP) is 4.86. The summed E-state index contributed by atoms with van der Waals surface area (Å²) in [5, 5.41) is 15.4. The minimum atomic E-state index is -0.479. The monoisotopic (exact) mass is 435 g/mol. The van der Waals surface area contributed by atoms with E-state index in [0.29, 0.717) is 13.0 Å². The standard InChI is InChI=1S/C29H29N3O/c1-31-19-17-27(30-31)21-23-22-32(20-18-28(23)33)29(24-11-5-2-6-12-24,25-13-7-3-8-14-25)26-15-9-4-10-16-26/h2-17,19,21,28,33H,18,20,22H2,1H3. The van der Waals surface area contributed by atoms with Crippen LogP contribution in [0.4, 0.5) is 0 Å². The lowest BCUT2D eigenvalue weighted by Gasteiger charge is -2.48. The maximum absolute atomic E-state index is 10.9. The minimum absolute atomic E-state index is 0.469. The molecule has 0 bridgehead atoms. The number of aliphatic hydroxyl groups is 1. The number of rotatable bonds is 5. The lowest BCUT2D eigenvalue weighted by atomic mass is 9.74. The summed E-state index contributed by atoms with van der Waals surface area (Å²) in [5.41, 5.74) is 5.04. The molecule has 1 aliphatic rings. The Labute approximate surface area is 195 Å². The van der Waals surface area contributed by atoms with Gasteiger partial charge in [-0.25, -0.2) is 0 Å². The van der Waals surface area contributed by atoms with Crippen LogP contribution in [0.25, 0.3) is 6.08 Å². The van der Waals surface area contributed by atoms with Crippen molar-refractivity contribution >= 4 is 6.08 Å². The van der Waals surface area contributed by atoms with Gasteiger partial charge in [-0.1, -0.05) is 91.0 Å². The van der Waals surface area contributed by atoms with E-state index >= 15 is 0 Å². The number of hydrogen-bond acceptors (Lipinski definition) is 3. The Kier molecular flexibility index (Phi) is 5.95. The van der Waals surface area contributed by atoms with Gasteiger partial charge in [-0.3, -0.25) is 9.58 Å². The molecule has 1 saturated heterocycles. The fourth-order valence-electron chi connectivity index (χ4n) is 5.08. The molecule has 0 aliphatic carbocycles. The summed E-state index contributed by atoms with van der Waals surface area (Å²) in [6.07, 6.45) is 4.18. The minimum Gasteiger partial charge on any atom is -0.389 e. The van der Waals surface area contributed by atoms with E-state index < -0.39 is 11.6 Å². The summed E-state index contributed by atoms with van der Waals surface area (Å²) in [6.45, 7) is 1.43. The molecule has 4 heteroatoms. The molecule has 3 aromatic carbocycles. The van der Waals surface area contributed by atoms with Crippen molar-refractivity contribution in [3.05, 3.63) is 131 Å². The van der Waals surface area contributed by atoms with Gasteiger partial charge in [0.2, 0.25) is 0 Å². The third-order valence-electron chi connectivity index (χ3n) is 6.59. The van der Waals surface area contributed by atoms with Crippen LogP contribution in [0.3, 0.4) is 0 Å². The van der Waals surface area contributed by atoms with Gasteiger partial charge in [-0.05, 0) is 40.8 Å². The highest BCUT2D eigenvalue weighted by molar-refractivity contribution is 5.53. The van der Waals surface area contributed by atoms with Gasteiger partial charge in [0.1, 0.15) is 0 Å². The van der Waals surface area contributed by atoms with Crippen molar-refractivity contribution in [3.8, 4) is 0 Å². The SMILES string of the molecule is Cn1ccc(C=C2CN(C(c3ccccc3)(c3ccccc3)c3ccccc3)CCC2O)n1. The van der Waals surface area contributed by atoms with E-state index in [0.717, 1.165) is 17.8 Å². The number of aryl methyl sites for hydroxylation is 1. The van der Waals surface area contributed by atoms with Crippen LogP contribution in [-0.2, 0) is 12.6 Å². The molecule has 166 valence electrons. The largest absolute Gasteiger partial charge is 0.389 e. The first kappa shape index (κ1) is 21.4. The summed E-state index contributed by atoms with van der Waals surface area (Å²) in [6, 6.07) is 34.1. The lowest BCUT2D eigenvalue weighted by Crippen LogP contribution is -2.52. The quantitative estimate of drug-likeness (QED) is 0.455. The molecule has 0 amide bonds. The summed E-state index contributed by atoms with van der Waals surface area (Å²) >= 11 is 0. The highest BCUT2D eigenvalue weighted by atomic mass is 16.3. The van der Waals surface area contributed by atoms with Crippen molar-refractivity contribution in [3.63, 3.8) is 0 Å². The number of likely N-dealkylation sites (tertiary alicyclic amines) is 1. The van der Waals surface area contributed by atoms with E-state index in [1.807, 2.05) is 25.4 Å². The number of aromatic nitrogens is 2. The van der Waals surface area contributed by atoms with Crippen LogP contribution in [-0.4, -0.2) is 39.0 Å². The second kappa shape index (κ2) is 9.18. The van der Waals surface area contributed by atoms with E-state index in [9.17, 15) is 5.11 Å². The zero-order valence-corrected chi connectivity index (χ0v) is 18.9. The van der Waals surface area contributed by atoms with E-state index in [1.54, 1.807) is 4.68 Å². The molecule has 5 rings (SSSR count). The van der Waals surface area contributed by atoms with Crippen molar-refractivity contribution in [1.82, 2.24) is 14.7 Å². The predicted molar refractivity (Wildman–Crippen MR) is 133 cm³/mol. The molecule has 0 spiro atoms. The first-order valence-electron chi connectivity index (χ1n) is 11.5. The van der Waals surface area contributed by atoms with Crippen molar-refractivity contribution in [1.29, 1.82) is 0 Å². The second-order valence-corrected chi connectivity index (χ2v) is 8.67. The molecule has 0 saturated carbocycles. The fourth-order valence-corrected chi connectivity index (χ4v) is 5.08. The van der Waals surface area contributed by atoms with Gasteiger partial charge in [0.25, 0.3) is 0 Å². The first-order chi connectivity index (χ1) is 16.2. The van der Waals surface area contributed by atoms with E-state index in [2.05, 4.69) is 101 Å². The Morgan fingerprint density at radius 3 is 1.79 bits per heavy atom. The molecular formula is C29H29N3O. The molecule has 2 heterocycles. The molecule has 33 heavy (non-hydrogen) atoms. The van der Waals surface area contributed by atoms with Crippen LogP contribution in [0.1, 0.15) is 28.8 Å². The van der Waals surface area contributed by atoms with Gasteiger partial charge in [-0.15, -0.1) is 0 Å². The van der Waals surface area contributed by atoms with E-state index in [1.165, 1.54) is 16.7 Å². The van der Waals surface area contributed by atoms with Crippen LogP contribution in [0.5, 0.6) is 0 Å². The lowest BCUT2D eigenvalue weighted by molar-refractivity contribution is 0.0871. The summed E-state index contributed by atoms with van der Waals surface area (Å²) in [5.74, 6) is 0. The first-order valence-corrected chi connectivity index (χ1v) is 11.5. The summed E-state index contributed by atoms with van der Waals surface area (Å²) < 4.78 is 1.79. The Hall–Kier alpha value is -3.47. The number of hydrogen-bond donors (Lipinski definition) is 1. The molecular weight excluding hydrogens is 406 g/mol. The number of piperidine rings is 1. The Morgan fingerprint density at radius 1 is 0.818 bits per heavy atom. The molecule has 1 unspecified atom stereocenters. The van der Waals surface area contributed by atoms with Crippen molar-refractivity contribution in [2.75, 3.05) is 13.1 Å². The van der Waals surface area contributed by atoms with Gasteiger partial charge < -0.3 is 5.11 Å². The van der Waals surface area contributed by atoms with Gasteiger partial charge in [0, 0.05) is 26.3 Å². The molecule has 4 aromatic rings. The van der Waals surface area contributed by atoms with Crippen molar-refractivity contribution in [2.45, 2.75) is 18.1 Å². The van der Waals surface area contributed by atoms with E-state index in [-0.39, 0.29) is 0 Å². The normalized spacial score (nSPS) is 18.5. The van der Waals surface area contributed by atoms with Crippen molar-refractivity contribution < 1.29 is 5.11 Å². The molecule has 4 nitrogen and oxygen atoms in total. The third kappa shape index (κ3) is 4.04. The highest BCUT2D eigenvalue weighted by Crippen LogP contribution is 2.44. The zero-order chi connectivity index (χ0) is 22.7. The Balaban J connectivity index is 1.70.